The Hall–Kier alpha value is -2.98. The fraction of sp³-hybridized carbons (Fsp3) is 0.111. The van der Waals surface area contributed by atoms with E-state index in [0.717, 1.165) is 16.1 Å². The van der Waals surface area contributed by atoms with E-state index in [9.17, 15) is 4.79 Å². The molecule has 0 bridgehead atoms. The average Bonchev–Trinajstić information content (AvgIpc) is 3.07. The smallest absolute Gasteiger partial charge is 0.264 e. The van der Waals surface area contributed by atoms with Crippen LogP contribution in [0.15, 0.2) is 69.8 Å². The van der Waals surface area contributed by atoms with E-state index < -0.39 is 0 Å². The van der Waals surface area contributed by atoms with E-state index in [0.29, 0.717) is 5.16 Å². The highest BCUT2D eigenvalue weighted by molar-refractivity contribution is 7.99. The minimum absolute atomic E-state index is 0.147. The molecular weight excluding hydrogens is 394 g/mol. The number of benzene rings is 2. The molecule has 4 N–H and O–H groups in total. The van der Waals surface area contributed by atoms with Crippen LogP contribution in [0.2, 0.25) is 0 Å². The van der Waals surface area contributed by atoms with Crippen molar-refractivity contribution in [1.82, 2.24) is 14.9 Å². The van der Waals surface area contributed by atoms with Crippen LogP contribution in [0.5, 0.6) is 0 Å². The van der Waals surface area contributed by atoms with Gasteiger partial charge < -0.3 is 11.2 Å². The minimum Gasteiger partial charge on any atom is -0.334 e. The summed E-state index contributed by atoms with van der Waals surface area (Å²) in [4.78, 5) is 13.2. The average molecular weight is 414 g/mol. The zero-order valence-electron chi connectivity index (χ0n) is 15.1. The molecule has 10 heteroatoms. The number of hydrogen-bond acceptors (Lipinski definition) is 8. The van der Waals surface area contributed by atoms with E-state index in [1.807, 2.05) is 60.9 Å². The lowest BCUT2D eigenvalue weighted by Gasteiger charge is -2.08. The number of hydrogen-bond donors (Lipinski definition) is 3. The first-order chi connectivity index (χ1) is 13.7. The highest BCUT2D eigenvalue weighted by atomic mass is 32.2. The predicted molar refractivity (Wildman–Crippen MR) is 115 cm³/mol. The molecule has 0 aliphatic heterocycles. The molecule has 1 amide bonds. The van der Waals surface area contributed by atoms with Gasteiger partial charge in [-0.3, -0.25) is 4.79 Å². The number of nitrogens with two attached hydrogens (primary N) is 1. The first kappa shape index (κ1) is 19.8. The van der Waals surface area contributed by atoms with Gasteiger partial charge in [-0.2, -0.15) is 5.10 Å². The lowest BCUT2D eigenvalue weighted by Crippen LogP contribution is -2.17. The molecule has 0 radical (unpaired) electrons. The molecule has 0 aliphatic carbocycles. The van der Waals surface area contributed by atoms with Crippen LogP contribution in [0.25, 0.3) is 0 Å². The third-order valence-corrected chi connectivity index (χ3v) is 5.29. The van der Waals surface area contributed by atoms with Crippen LogP contribution < -0.4 is 16.6 Å². The molecular formula is C18H19N7OS2. The normalized spacial score (nSPS) is 10.9. The molecule has 0 spiro atoms. The van der Waals surface area contributed by atoms with Gasteiger partial charge in [-0.05, 0) is 24.0 Å². The number of para-hydroxylation sites is 1. The standard InChI is InChI=1S/C18H19N7OS2/c1-27-15-10-6-5-9-14(15)21-16(26)12-28-18-24-23-17(25(18)19)22-20-11-13-7-3-2-4-8-13/h2-11H,12,19H2,1H3,(H,21,26)(H,22,23)/b20-11+. The zero-order valence-corrected chi connectivity index (χ0v) is 16.7. The van der Waals surface area contributed by atoms with Gasteiger partial charge in [0.05, 0.1) is 17.7 Å². The predicted octanol–water partition coefficient (Wildman–Crippen LogP) is 2.89. The number of nitrogens with one attached hydrogen (secondary N) is 2. The Labute approximate surface area is 171 Å². The molecule has 1 aromatic heterocycles. The molecule has 8 nitrogen and oxygen atoms in total. The molecule has 0 aliphatic rings. The van der Waals surface area contributed by atoms with E-state index in [1.165, 1.54) is 16.4 Å². The van der Waals surface area contributed by atoms with Crippen molar-refractivity contribution >= 4 is 47.3 Å². The van der Waals surface area contributed by atoms with Gasteiger partial charge in [-0.15, -0.1) is 22.0 Å². The Bertz CT molecular complexity index is 960. The van der Waals surface area contributed by atoms with Crippen molar-refractivity contribution in [2.45, 2.75) is 10.1 Å². The number of hydrazone groups is 1. The van der Waals surface area contributed by atoms with Crippen molar-refractivity contribution in [3.05, 3.63) is 60.2 Å². The van der Waals surface area contributed by atoms with Gasteiger partial charge in [0.2, 0.25) is 11.1 Å². The number of amides is 1. The van der Waals surface area contributed by atoms with Gasteiger partial charge in [0, 0.05) is 4.90 Å². The SMILES string of the molecule is CSc1ccccc1NC(=O)CSc1nnc(N/N=C/c2ccccc2)n1N. The molecule has 3 rings (SSSR count). The van der Waals surface area contributed by atoms with Crippen LogP contribution in [0, 0.1) is 0 Å². The number of thioether (sulfide) groups is 2. The summed E-state index contributed by atoms with van der Waals surface area (Å²) in [5, 5.41) is 15.3. The molecule has 3 aromatic rings. The van der Waals surface area contributed by atoms with Crippen molar-refractivity contribution in [1.29, 1.82) is 0 Å². The van der Waals surface area contributed by atoms with E-state index in [2.05, 4.69) is 26.0 Å². The summed E-state index contributed by atoms with van der Waals surface area (Å²) in [6.45, 7) is 0. The maximum atomic E-state index is 12.2. The highest BCUT2D eigenvalue weighted by Crippen LogP contribution is 2.25. The summed E-state index contributed by atoms with van der Waals surface area (Å²) >= 11 is 2.77. The molecule has 28 heavy (non-hydrogen) atoms. The number of nitrogen functional groups attached to an aromatic ring is 1. The lowest BCUT2D eigenvalue weighted by molar-refractivity contribution is -0.113. The second-order valence-electron chi connectivity index (χ2n) is 5.49. The summed E-state index contributed by atoms with van der Waals surface area (Å²) < 4.78 is 1.26. The Morgan fingerprint density at radius 2 is 1.93 bits per heavy atom. The Balaban J connectivity index is 1.54. The van der Waals surface area contributed by atoms with E-state index in [4.69, 9.17) is 5.84 Å². The maximum absolute atomic E-state index is 12.2. The van der Waals surface area contributed by atoms with Crippen LogP contribution in [-0.4, -0.2) is 39.0 Å². The van der Waals surface area contributed by atoms with Gasteiger partial charge in [-0.25, -0.2) is 10.1 Å². The number of carbonyl (C=O) groups is 1. The first-order valence-corrected chi connectivity index (χ1v) is 10.5. The van der Waals surface area contributed by atoms with Crippen molar-refractivity contribution in [2.24, 2.45) is 5.10 Å². The molecule has 0 saturated heterocycles. The van der Waals surface area contributed by atoms with Gasteiger partial charge in [0.1, 0.15) is 0 Å². The zero-order chi connectivity index (χ0) is 19.8. The molecule has 0 saturated carbocycles. The largest absolute Gasteiger partial charge is 0.334 e. The van der Waals surface area contributed by atoms with Crippen LogP contribution in [0.1, 0.15) is 5.56 Å². The molecule has 2 aromatic carbocycles. The fourth-order valence-corrected chi connectivity index (χ4v) is 3.43. The van der Waals surface area contributed by atoms with Gasteiger partial charge >= 0.3 is 0 Å². The molecule has 0 fully saturated rings. The Kier molecular flexibility index (Phi) is 6.93. The van der Waals surface area contributed by atoms with Crippen molar-refractivity contribution in [3.8, 4) is 0 Å². The summed E-state index contributed by atoms with van der Waals surface area (Å²) in [7, 11) is 0. The molecule has 0 atom stereocenters. The highest BCUT2D eigenvalue weighted by Gasteiger charge is 2.12. The maximum Gasteiger partial charge on any atom is 0.264 e. The van der Waals surface area contributed by atoms with Gasteiger partial charge in [0.25, 0.3) is 5.95 Å². The van der Waals surface area contributed by atoms with Crippen molar-refractivity contribution < 1.29 is 4.79 Å². The Morgan fingerprint density at radius 3 is 2.71 bits per heavy atom. The second kappa shape index (κ2) is 9.81. The van der Waals surface area contributed by atoms with Crippen molar-refractivity contribution in [2.75, 3.05) is 28.6 Å². The number of nitrogens with zero attached hydrogens (tertiary/aromatic N) is 4. The topological polar surface area (TPSA) is 110 Å². The summed E-state index contributed by atoms with van der Waals surface area (Å²) in [6.07, 6.45) is 3.61. The summed E-state index contributed by atoms with van der Waals surface area (Å²) in [6, 6.07) is 17.3. The van der Waals surface area contributed by atoms with Crippen molar-refractivity contribution in [3.63, 3.8) is 0 Å². The number of carbonyl (C=O) groups excluding carboxylic acids is 1. The molecule has 144 valence electrons. The number of aromatic nitrogens is 3. The number of rotatable bonds is 8. The van der Waals surface area contributed by atoms with Gasteiger partial charge in [-0.1, -0.05) is 54.2 Å². The van der Waals surface area contributed by atoms with E-state index >= 15 is 0 Å². The molecule has 1 heterocycles. The molecule has 0 unspecified atom stereocenters. The van der Waals surface area contributed by atoms with Crippen LogP contribution in [-0.2, 0) is 4.79 Å². The quantitative estimate of drug-likeness (QED) is 0.225. The third-order valence-electron chi connectivity index (χ3n) is 3.56. The van der Waals surface area contributed by atoms with Crippen LogP contribution >= 0.6 is 23.5 Å². The minimum atomic E-state index is -0.147. The summed E-state index contributed by atoms with van der Waals surface area (Å²) in [5.41, 5.74) is 4.47. The van der Waals surface area contributed by atoms with Crippen LogP contribution in [0.4, 0.5) is 11.6 Å². The fourth-order valence-electron chi connectivity index (χ4n) is 2.22. The second-order valence-corrected chi connectivity index (χ2v) is 7.28. The van der Waals surface area contributed by atoms with E-state index in [-0.39, 0.29) is 17.6 Å². The summed E-state index contributed by atoms with van der Waals surface area (Å²) in [5.74, 6) is 6.26. The van der Waals surface area contributed by atoms with Gasteiger partial charge in [0.15, 0.2) is 0 Å². The Morgan fingerprint density at radius 1 is 1.18 bits per heavy atom. The third kappa shape index (κ3) is 5.27. The lowest BCUT2D eigenvalue weighted by atomic mass is 10.2. The van der Waals surface area contributed by atoms with Crippen LogP contribution in [0.3, 0.4) is 0 Å². The monoisotopic (exact) mass is 413 g/mol. The van der Waals surface area contributed by atoms with E-state index in [1.54, 1.807) is 18.0 Å². The number of anilines is 2. The first-order valence-electron chi connectivity index (χ1n) is 8.27.